The van der Waals surface area contributed by atoms with Gasteiger partial charge in [-0.15, -0.1) is 5.10 Å². The number of hydrazone groups is 1. The fourth-order valence-corrected chi connectivity index (χ4v) is 4.30. The number of para-hydroxylation sites is 3. The number of nitriles is 1. The van der Waals surface area contributed by atoms with Crippen LogP contribution in [-0.2, 0) is 6.42 Å². The molecule has 6 nitrogen and oxygen atoms in total. The second kappa shape index (κ2) is 8.05. The van der Waals surface area contributed by atoms with Gasteiger partial charge in [-0.05, 0) is 55.3 Å². The molecule has 0 unspecified atom stereocenters. The second-order valence-electron chi connectivity index (χ2n) is 7.63. The molecule has 5 rings (SSSR count). The van der Waals surface area contributed by atoms with Crippen LogP contribution < -0.4 is 9.83 Å². The van der Waals surface area contributed by atoms with E-state index < -0.39 is 0 Å². The number of hydrogen-bond acceptors (Lipinski definition) is 3. The lowest BCUT2D eigenvalue weighted by molar-refractivity contribution is -0.465. The summed E-state index contributed by atoms with van der Waals surface area (Å²) in [6, 6.07) is 24.6. The van der Waals surface area contributed by atoms with Crippen molar-refractivity contribution >= 4 is 28.7 Å². The fraction of sp³-hybridized carbons (Fsp3) is 0.115. The van der Waals surface area contributed by atoms with Crippen molar-refractivity contribution in [1.29, 1.82) is 5.26 Å². The van der Waals surface area contributed by atoms with Crippen molar-refractivity contribution in [3.8, 4) is 11.8 Å². The van der Waals surface area contributed by atoms with Gasteiger partial charge in [0.2, 0.25) is 5.65 Å². The number of nitrogens with one attached hydrogen (secondary N) is 2. The molecule has 0 spiro atoms. The number of aromatic nitrogens is 3. The number of benzene rings is 2. The number of imidazole rings is 1. The molecule has 5 aromatic rings. The zero-order valence-electron chi connectivity index (χ0n) is 18.0. The van der Waals surface area contributed by atoms with Gasteiger partial charge in [0.05, 0.1) is 11.9 Å². The zero-order chi connectivity index (χ0) is 22.1. The van der Waals surface area contributed by atoms with Gasteiger partial charge in [0.15, 0.2) is 0 Å². The number of aromatic amines is 1. The van der Waals surface area contributed by atoms with Crippen LogP contribution in [0.2, 0.25) is 0 Å². The van der Waals surface area contributed by atoms with Gasteiger partial charge in [0.25, 0.3) is 5.82 Å². The summed E-state index contributed by atoms with van der Waals surface area (Å²) in [5.41, 5.74) is 10.8. The van der Waals surface area contributed by atoms with E-state index >= 15 is 0 Å². The number of fused-ring (bicyclic) bond motifs is 3. The Bertz CT molecular complexity index is 1500. The Morgan fingerprint density at radius 3 is 2.66 bits per heavy atom. The van der Waals surface area contributed by atoms with E-state index in [9.17, 15) is 5.26 Å². The molecule has 0 amide bonds. The van der Waals surface area contributed by atoms with E-state index in [1.54, 1.807) is 0 Å². The molecular formula is C26H23N6+. The molecule has 3 aromatic heterocycles. The summed E-state index contributed by atoms with van der Waals surface area (Å²) in [6.45, 7) is 4.10. The van der Waals surface area contributed by atoms with Crippen molar-refractivity contribution in [2.45, 2.75) is 20.3 Å². The Morgan fingerprint density at radius 2 is 1.88 bits per heavy atom. The van der Waals surface area contributed by atoms with E-state index in [0.717, 1.165) is 51.4 Å². The minimum atomic E-state index is 0.658. The number of rotatable bonds is 5. The first-order chi connectivity index (χ1) is 15.7. The van der Waals surface area contributed by atoms with Crippen molar-refractivity contribution in [3.05, 3.63) is 95.3 Å². The van der Waals surface area contributed by atoms with Crippen LogP contribution in [0.1, 0.15) is 29.3 Å². The third kappa shape index (κ3) is 3.12. The largest absolute Gasteiger partial charge is 0.316 e. The molecular weight excluding hydrogens is 396 g/mol. The number of hydrogen-bond donors (Lipinski definition) is 2. The summed E-state index contributed by atoms with van der Waals surface area (Å²) in [6.07, 6.45) is 4.62. The minimum absolute atomic E-state index is 0.658. The second-order valence-corrected chi connectivity index (χ2v) is 7.63. The summed E-state index contributed by atoms with van der Waals surface area (Å²) in [5.74, 6) is 0.866. The molecule has 0 radical (unpaired) electrons. The number of H-pyrrole nitrogens is 1. The quantitative estimate of drug-likeness (QED) is 0.242. The van der Waals surface area contributed by atoms with Crippen molar-refractivity contribution in [1.82, 2.24) is 9.55 Å². The van der Waals surface area contributed by atoms with Gasteiger partial charge in [-0.2, -0.15) is 15.1 Å². The summed E-state index contributed by atoms with van der Waals surface area (Å²) in [4.78, 5) is 3.41. The Morgan fingerprint density at radius 1 is 1.09 bits per heavy atom. The standard InChI is InChI=1S/C26H22N6/c1-3-21-18(2)22(16-27)25-29-23-13-7-8-14-24(23)32(25)26(21)30-28-17-20-12-9-15-31(20)19-10-5-4-6-11-19/h4-15,17H,3H2,1-2H3,(H,29,30)/p+1. The zero-order valence-corrected chi connectivity index (χ0v) is 18.0. The van der Waals surface area contributed by atoms with Crippen molar-refractivity contribution in [2.24, 2.45) is 5.10 Å². The highest BCUT2D eigenvalue weighted by Gasteiger charge is 2.24. The normalized spacial score (nSPS) is 11.4. The van der Waals surface area contributed by atoms with Gasteiger partial charge in [0, 0.05) is 17.4 Å². The molecule has 0 aliphatic heterocycles. The van der Waals surface area contributed by atoms with Gasteiger partial charge in [-0.1, -0.05) is 37.3 Å². The Balaban J connectivity index is 1.63. The summed E-state index contributed by atoms with van der Waals surface area (Å²) in [5, 5.41) is 14.5. The molecule has 0 aliphatic carbocycles. The average Bonchev–Trinajstić information content (AvgIpc) is 3.44. The molecule has 156 valence electrons. The summed E-state index contributed by atoms with van der Waals surface area (Å²) in [7, 11) is 0. The van der Waals surface area contributed by atoms with Crippen LogP contribution in [0.25, 0.3) is 22.4 Å². The van der Waals surface area contributed by atoms with Crippen LogP contribution in [-0.4, -0.2) is 15.8 Å². The predicted molar refractivity (Wildman–Crippen MR) is 127 cm³/mol. The molecule has 6 heteroatoms. The number of anilines is 1. The Labute approximate surface area is 186 Å². The van der Waals surface area contributed by atoms with E-state index in [1.165, 1.54) is 0 Å². The lowest BCUT2D eigenvalue weighted by Crippen LogP contribution is -2.28. The molecule has 0 aliphatic rings. The first-order valence-electron chi connectivity index (χ1n) is 10.6. The van der Waals surface area contributed by atoms with E-state index in [1.807, 2.05) is 73.9 Å². The maximum atomic E-state index is 9.86. The average molecular weight is 420 g/mol. The van der Waals surface area contributed by atoms with Crippen molar-refractivity contribution in [3.63, 3.8) is 0 Å². The lowest BCUT2D eigenvalue weighted by Gasteiger charge is -2.10. The smallest absolute Gasteiger partial charge is 0.253 e. The maximum Gasteiger partial charge on any atom is 0.253 e. The highest BCUT2D eigenvalue weighted by Crippen LogP contribution is 2.25. The highest BCUT2D eigenvalue weighted by atomic mass is 15.3. The van der Waals surface area contributed by atoms with Crippen LogP contribution in [0.5, 0.6) is 0 Å². The summed E-state index contributed by atoms with van der Waals surface area (Å²) >= 11 is 0. The maximum absolute atomic E-state index is 9.86. The number of pyridine rings is 1. The van der Waals surface area contributed by atoms with E-state index in [-0.39, 0.29) is 0 Å². The predicted octanol–water partition coefficient (Wildman–Crippen LogP) is 4.89. The first-order valence-corrected chi connectivity index (χ1v) is 10.6. The van der Waals surface area contributed by atoms with E-state index in [4.69, 9.17) is 0 Å². The van der Waals surface area contributed by atoms with Crippen molar-refractivity contribution < 1.29 is 4.40 Å². The highest BCUT2D eigenvalue weighted by molar-refractivity contribution is 5.80. The van der Waals surface area contributed by atoms with Gasteiger partial charge in [-0.25, -0.2) is 0 Å². The number of nitrogens with zero attached hydrogens (tertiary/aromatic N) is 4. The molecule has 0 bridgehead atoms. The van der Waals surface area contributed by atoms with Crippen LogP contribution in [0.15, 0.2) is 78.0 Å². The third-order valence-electron chi connectivity index (χ3n) is 5.84. The molecule has 2 aromatic carbocycles. The summed E-state index contributed by atoms with van der Waals surface area (Å²) < 4.78 is 4.15. The van der Waals surface area contributed by atoms with Crippen molar-refractivity contribution in [2.75, 3.05) is 5.43 Å². The third-order valence-corrected chi connectivity index (χ3v) is 5.84. The Kier molecular flexibility index (Phi) is 4.92. The monoisotopic (exact) mass is 419 g/mol. The molecule has 0 saturated heterocycles. The molecule has 32 heavy (non-hydrogen) atoms. The van der Waals surface area contributed by atoms with E-state index in [2.05, 4.69) is 49.6 Å². The van der Waals surface area contributed by atoms with Gasteiger partial charge in [0.1, 0.15) is 22.7 Å². The van der Waals surface area contributed by atoms with E-state index in [0.29, 0.717) is 5.56 Å². The van der Waals surface area contributed by atoms with Crippen LogP contribution in [0, 0.1) is 18.3 Å². The Hall–Kier alpha value is -4.37. The minimum Gasteiger partial charge on any atom is -0.316 e. The van der Waals surface area contributed by atoms with Gasteiger partial charge < -0.3 is 4.57 Å². The van der Waals surface area contributed by atoms with Gasteiger partial charge >= 0.3 is 0 Å². The lowest BCUT2D eigenvalue weighted by atomic mass is 10.0. The fourth-order valence-electron chi connectivity index (χ4n) is 4.30. The molecule has 0 fully saturated rings. The molecule has 0 atom stereocenters. The molecule has 3 heterocycles. The SMILES string of the molecule is CCc1c(C)c(C#N)c2[nH]c3ccccc3[n+]2c1NN=Cc1cccn1-c1ccccc1. The van der Waals surface area contributed by atoms with Crippen LogP contribution in [0.4, 0.5) is 5.82 Å². The topological polar surface area (TPSA) is 73.0 Å². The van der Waals surface area contributed by atoms with Crippen LogP contribution >= 0.6 is 0 Å². The molecule has 2 N–H and O–H groups in total. The van der Waals surface area contributed by atoms with Gasteiger partial charge in [-0.3, -0.25) is 4.98 Å². The molecule has 0 saturated carbocycles. The first kappa shape index (κ1) is 19.6. The van der Waals surface area contributed by atoms with Crippen LogP contribution in [0.3, 0.4) is 0 Å².